The Morgan fingerprint density at radius 2 is 1.04 bits per heavy atom. The van der Waals surface area contributed by atoms with Crippen molar-refractivity contribution in [2.24, 2.45) is 9.98 Å². The Bertz CT molecular complexity index is 2780. The quantitative estimate of drug-likeness (QED) is 0.201. The Kier molecular flexibility index (Phi) is 6.20. The number of halogens is 1. The molecule has 1 N–H and O–H groups in total. The second-order valence-electron chi connectivity index (χ2n) is 12.4. The van der Waals surface area contributed by atoms with Crippen molar-refractivity contribution in [2.45, 2.75) is 0 Å². The van der Waals surface area contributed by atoms with Crippen LogP contribution in [-0.4, -0.2) is 15.1 Å². The Morgan fingerprint density at radius 1 is 0.490 bits per heavy atom. The first-order chi connectivity index (χ1) is 24.2. The molecule has 3 aliphatic heterocycles. The second-order valence-corrected chi connectivity index (χ2v) is 12.8. The minimum Gasteiger partial charge on any atom is -0.354 e. The first-order valence-corrected chi connectivity index (χ1v) is 16.8. The topological polar surface area (TPSA) is 44.9 Å². The van der Waals surface area contributed by atoms with Gasteiger partial charge in [-0.25, -0.2) is 9.98 Å². The van der Waals surface area contributed by atoms with Crippen molar-refractivity contribution in [1.29, 1.82) is 0 Å². The van der Waals surface area contributed by atoms with E-state index in [0.29, 0.717) is 5.03 Å². The summed E-state index contributed by atoms with van der Waals surface area (Å²) in [6.07, 6.45) is 4.28. The standard InChI is InChI=1S/C44H27ClN4/c45-42-41-40(30-19-11-4-12-20-30)36-26-25-35-38(28-15-7-2-8-16-28)33-23-21-31(46-33)37(27-13-5-1-6-14-27)32-22-24-34(47-32)39(29-17-9-3-10-18-29)43(42)48-44(41)49(35)36/h1-26,47H. The molecule has 6 heterocycles. The Morgan fingerprint density at radius 3 is 1.67 bits per heavy atom. The van der Waals surface area contributed by atoms with Crippen LogP contribution in [0.2, 0.25) is 0 Å². The lowest BCUT2D eigenvalue weighted by atomic mass is 9.99. The van der Waals surface area contributed by atoms with E-state index >= 15 is 0 Å². The first kappa shape index (κ1) is 27.8. The van der Waals surface area contributed by atoms with Crippen LogP contribution in [0.15, 0.2) is 179 Å². The lowest BCUT2D eigenvalue weighted by Crippen LogP contribution is -2.19. The number of rotatable bonds is 4. The molecule has 0 aliphatic carbocycles. The maximum atomic E-state index is 7.60. The van der Waals surface area contributed by atoms with Crippen molar-refractivity contribution in [1.82, 2.24) is 9.38 Å². The lowest BCUT2D eigenvalue weighted by Gasteiger charge is -2.12. The zero-order valence-corrected chi connectivity index (χ0v) is 27.0. The van der Waals surface area contributed by atoms with Gasteiger partial charge in [0.1, 0.15) is 5.49 Å². The van der Waals surface area contributed by atoms with Gasteiger partial charge in [-0.05, 0) is 58.7 Å². The highest BCUT2D eigenvalue weighted by Gasteiger charge is 2.31. The summed E-state index contributed by atoms with van der Waals surface area (Å²) >= 11 is 7.60. The number of fused-ring (bicyclic) bond motifs is 4. The molecular formula is C44H27ClN4. The SMILES string of the molecule is ClC1=C2N=c3c1c(-c1ccccc1)c1ccc(n31)C(c1ccccc1)=C1C=CC(=N1)C(c1ccccc1)=c1ccc([nH]1)=C2c1ccccc1. The number of hydrogen-bond acceptors (Lipinski definition) is 2. The molecule has 7 aromatic rings. The summed E-state index contributed by atoms with van der Waals surface area (Å²) in [7, 11) is 0. The maximum Gasteiger partial charge on any atom is 0.147 e. The summed E-state index contributed by atoms with van der Waals surface area (Å²) in [6.45, 7) is 0. The van der Waals surface area contributed by atoms with Crippen LogP contribution in [0.4, 0.5) is 0 Å². The Hall–Kier alpha value is -6.23. The van der Waals surface area contributed by atoms with Gasteiger partial charge in [-0.2, -0.15) is 0 Å². The molecule has 0 amide bonds. The molecule has 0 saturated heterocycles. The predicted molar refractivity (Wildman–Crippen MR) is 199 cm³/mol. The van der Waals surface area contributed by atoms with Gasteiger partial charge in [0.05, 0.1) is 33.3 Å². The van der Waals surface area contributed by atoms with Gasteiger partial charge in [0.2, 0.25) is 0 Å². The molecule has 49 heavy (non-hydrogen) atoms. The number of H-pyrrole nitrogens is 1. The zero-order chi connectivity index (χ0) is 32.5. The minimum absolute atomic E-state index is 0.634. The van der Waals surface area contributed by atoms with Crippen LogP contribution in [0.5, 0.6) is 0 Å². The number of benzene rings is 4. The molecule has 0 fully saturated rings. The summed E-state index contributed by atoms with van der Waals surface area (Å²) in [5, 5.41) is 2.53. The average Bonchev–Trinajstić information content (AvgIpc) is 3.99. The van der Waals surface area contributed by atoms with Gasteiger partial charge in [0, 0.05) is 38.5 Å². The smallest absolute Gasteiger partial charge is 0.147 e. The molecule has 4 nitrogen and oxygen atoms in total. The molecule has 0 radical (unpaired) electrons. The maximum absolute atomic E-state index is 7.60. The number of allylic oxidation sites excluding steroid dienone is 3. The second kappa shape index (κ2) is 10.9. The van der Waals surface area contributed by atoms with E-state index in [0.717, 1.165) is 94.6 Å². The molecule has 5 heteroatoms. The number of hydrogen-bond donors (Lipinski definition) is 1. The highest BCUT2D eigenvalue weighted by Crippen LogP contribution is 2.43. The molecular weight excluding hydrogens is 620 g/mol. The lowest BCUT2D eigenvalue weighted by molar-refractivity contribution is 1.06. The van der Waals surface area contributed by atoms with Gasteiger partial charge in [-0.3, -0.25) is 4.40 Å². The number of aliphatic imine (C=N–C) groups is 1. The molecule has 3 aromatic heterocycles. The van der Waals surface area contributed by atoms with Gasteiger partial charge >= 0.3 is 0 Å². The van der Waals surface area contributed by atoms with Gasteiger partial charge < -0.3 is 4.98 Å². The molecule has 0 spiro atoms. The monoisotopic (exact) mass is 646 g/mol. The summed E-state index contributed by atoms with van der Waals surface area (Å²) in [4.78, 5) is 14.7. The van der Waals surface area contributed by atoms with Gasteiger partial charge in [-0.15, -0.1) is 0 Å². The summed E-state index contributed by atoms with van der Waals surface area (Å²) < 4.78 is 2.28. The molecule has 10 rings (SSSR count). The molecule has 0 saturated carbocycles. The normalized spacial score (nSPS) is 15.0. The van der Waals surface area contributed by atoms with Gasteiger partial charge in [0.15, 0.2) is 0 Å². The van der Waals surface area contributed by atoms with Crippen molar-refractivity contribution in [3.63, 3.8) is 0 Å². The molecule has 0 atom stereocenters. The molecule has 230 valence electrons. The van der Waals surface area contributed by atoms with Crippen molar-refractivity contribution in [3.8, 4) is 11.1 Å². The highest BCUT2D eigenvalue weighted by molar-refractivity contribution is 6.51. The van der Waals surface area contributed by atoms with Gasteiger partial charge in [0.25, 0.3) is 0 Å². The van der Waals surface area contributed by atoms with E-state index in [1.807, 2.05) is 18.2 Å². The van der Waals surface area contributed by atoms with Crippen LogP contribution < -0.4 is 16.2 Å². The molecule has 4 aromatic carbocycles. The fourth-order valence-electron chi connectivity index (χ4n) is 7.49. The van der Waals surface area contributed by atoms with Crippen molar-refractivity contribution in [3.05, 3.63) is 213 Å². The van der Waals surface area contributed by atoms with Crippen LogP contribution in [0.3, 0.4) is 0 Å². The van der Waals surface area contributed by atoms with E-state index in [1.165, 1.54) is 0 Å². The third kappa shape index (κ3) is 4.24. The van der Waals surface area contributed by atoms with E-state index in [-0.39, 0.29) is 0 Å². The third-order valence-corrected chi connectivity index (χ3v) is 9.96. The van der Waals surface area contributed by atoms with Gasteiger partial charge in [-0.1, -0.05) is 133 Å². The number of aromatic nitrogens is 2. The van der Waals surface area contributed by atoms with Crippen LogP contribution in [0, 0.1) is 0 Å². The van der Waals surface area contributed by atoms with Crippen LogP contribution in [0.1, 0.15) is 27.9 Å². The molecule has 3 aliphatic rings. The summed E-state index contributed by atoms with van der Waals surface area (Å²) in [5.74, 6) is 0. The van der Waals surface area contributed by atoms with Crippen LogP contribution in [-0.2, 0) is 0 Å². The van der Waals surface area contributed by atoms with E-state index in [4.69, 9.17) is 21.6 Å². The van der Waals surface area contributed by atoms with E-state index in [2.05, 4.69) is 149 Å². The minimum atomic E-state index is 0.634. The molecule has 6 bridgehead atoms. The Labute approximate surface area is 287 Å². The number of nitrogens with zero attached hydrogens (tertiary/aromatic N) is 3. The van der Waals surface area contributed by atoms with E-state index < -0.39 is 0 Å². The number of nitrogens with one attached hydrogen (secondary N) is 1. The average molecular weight is 647 g/mol. The third-order valence-electron chi connectivity index (χ3n) is 9.59. The van der Waals surface area contributed by atoms with E-state index in [9.17, 15) is 0 Å². The largest absolute Gasteiger partial charge is 0.354 e. The highest BCUT2D eigenvalue weighted by atomic mass is 35.5. The van der Waals surface area contributed by atoms with Crippen LogP contribution >= 0.6 is 11.6 Å². The van der Waals surface area contributed by atoms with Crippen molar-refractivity contribution < 1.29 is 0 Å². The fourth-order valence-corrected chi connectivity index (χ4v) is 7.80. The van der Waals surface area contributed by atoms with Crippen molar-refractivity contribution >= 4 is 44.6 Å². The molecule has 0 unspecified atom stereocenters. The summed E-state index contributed by atoms with van der Waals surface area (Å²) in [5.41, 5.74) is 14.7. The predicted octanol–water partition coefficient (Wildman–Crippen LogP) is 8.08. The van der Waals surface area contributed by atoms with Crippen LogP contribution in [0.25, 0.3) is 38.4 Å². The Balaban J connectivity index is 1.42. The first-order valence-electron chi connectivity index (χ1n) is 16.4. The van der Waals surface area contributed by atoms with Crippen molar-refractivity contribution in [2.75, 3.05) is 0 Å². The summed E-state index contributed by atoms with van der Waals surface area (Å²) in [6, 6.07) is 50.6. The zero-order valence-electron chi connectivity index (χ0n) is 26.2. The fraction of sp³-hybridized carbons (Fsp3) is 0. The number of aromatic amines is 1. The van der Waals surface area contributed by atoms with E-state index in [1.54, 1.807) is 0 Å².